The maximum Gasteiger partial charge on any atom is 0.416 e. The Hall–Kier alpha value is -3.12. The number of piperidine rings is 1. The van der Waals surface area contributed by atoms with Crippen LogP contribution in [0.3, 0.4) is 0 Å². The molecule has 5 heterocycles. The van der Waals surface area contributed by atoms with Crippen LogP contribution < -0.4 is 9.80 Å². The Morgan fingerprint density at radius 1 is 1.07 bits per heavy atom. The molecule has 2 amide bonds. The first kappa shape index (κ1) is 28.0. The molecule has 4 fully saturated rings. The molecular weight excluding hydrogens is 537 g/mol. The van der Waals surface area contributed by atoms with Crippen LogP contribution in [-0.2, 0) is 22.3 Å². The van der Waals surface area contributed by atoms with Crippen LogP contribution in [0.4, 0.5) is 29.5 Å². The number of amides is 2. The Labute approximate surface area is 237 Å². The van der Waals surface area contributed by atoms with Crippen molar-refractivity contribution in [3.05, 3.63) is 41.6 Å². The van der Waals surface area contributed by atoms with Gasteiger partial charge in [0.2, 0.25) is 5.91 Å². The Morgan fingerprint density at radius 3 is 2.44 bits per heavy atom. The van der Waals surface area contributed by atoms with E-state index in [2.05, 4.69) is 14.9 Å². The zero-order chi connectivity index (χ0) is 28.9. The summed E-state index contributed by atoms with van der Waals surface area (Å²) in [5.41, 5.74) is 0.582. The van der Waals surface area contributed by atoms with Gasteiger partial charge in [-0.2, -0.15) is 17.9 Å². The number of morpholine rings is 1. The molecule has 1 spiro atoms. The number of nitrogens with zero attached hydrogens (tertiary/aromatic N) is 6. The molecule has 1 aromatic carbocycles. The van der Waals surface area contributed by atoms with E-state index in [0.717, 1.165) is 45.1 Å². The minimum Gasteiger partial charge on any atom is -0.377 e. The Morgan fingerprint density at radius 2 is 1.78 bits per heavy atom. The smallest absolute Gasteiger partial charge is 0.377 e. The predicted molar refractivity (Wildman–Crippen MR) is 147 cm³/mol. The molecule has 0 radical (unpaired) electrons. The molecule has 4 saturated heterocycles. The second kappa shape index (κ2) is 10.6. The molecule has 4 aliphatic rings. The molecule has 0 saturated carbocycles. The van der Waals surface area contributed by atoms with Crippen molar-refractivity contribution in [3.8, 4) is 0 Å². The van der Waals surface area contributed by atoms with Crippen molar-refractivity contribution < 1.29 is 27.5 Å². The van der Waals surface area contributed by atoms with Gasteiger partial charge in [0.15, 0.2) is 5.82 Å². The SMILES string of the molecule is CC(=O)N(C)c1ccn(C(=O)N2CCC3(CCCN3Cc3cc(N4C5CCC4COC5)cc(C(F)(F)F)c3)CC2)n1. The van der Waals surface area contributed by atoms with Crippen molar-refractivity contribution in [2.24, 2.45) is 0 Å². The number of fused-ring (bicyclic) bond motifs is 2. The van der Waals surface area contributed by atoms with Crippen molar-refractivity contribution in [1.29, 1.82) is 0 Å². The first-order valence-electron chi connectivity index (χ1n) is 14.5. The fraction of sp³-hybridized carbons (Fsp3) is 0.621. The van der Waals surface area contributed by atoms with Crippen molar-refractivity contribution in [2.75, 3.05) is 49.7 Å². The van der Waals surface area contributed by atoms with Crippen LogP contribution in [-0.4, -0.2) is 89.0 Å². The third-order valence-corrected chi connectivity index (χ3v) is 9.51. The second-order valence-corrected chi connectivity index (χ2v) is 11.9. The number of hydrogen-bond donors (Lipinski definition) is 0. The normalized spacial score (nSPS) is 24.3. The number of anilines is 2. The van der Waals surface area contributed by atoms with Gasteiger partial charge >= 0.3 is 12.2 Å². The number of aromatic nitrogens is 2. The number of halogens is 3. The molecule has 0 aliphatic carbocycles. The average molecular weight is 575 g/mol. The monoisotopic (exact) mass is 574 g/mol. The van der Waals surface area contributed by atoms with Crippen LogP contribution in [0.5, 0.6) is 0 Å². The van der Waals surface area contributed by atoms with Gasteiger partial charge in [-0.3, -0.25) is 14.6 Å². The van der Waals surface area contributed by atoms with Crippen LogP contribution in [0.15, 0.2) is 30.5 Å². The van der Waals surface area contributed by atoms with E-state index in [-0.39, 0.29) is 29.6 Å². The van der Waals surface area contributed by atoms with Crippen molar-refractivity contribution >= 4 is 23.4 Å². The van der Waals surface area contributed by atoms with E-state index in [9.17, 15) is 22.8 Å². The van der Waals surface area contributed by atoms with E-state index in [1.165, 1.54) is 28.6 Å². The number of rotatable bonds is 4. The minimum absolute atomic E-state index is 0.124. The molecule has 2 unspecified atom stereocenters. The Balaban J connectivity index is 1.17. The highest BCUT2D eigenvalue weighted by molar-refractivity contribution is 5.90. The van der Waals surface area contributed by atoms with E-state index < -0.39 is 11.7 Å². The average Bonchev–Trinajstić information content (AvgIpc) is 3.64. The van der Waals surface area contributed by atoms with Gasteiger partial charge < -0.3 is 14.5 Å². The zero-order valence-corrected chi connectivity index (χ0v) is 23.6. The van der Waals surface area contributed by atoms with Gasteiger partial charge in [0.05, 0.1) is 30.9 Å². The van der Waals surface area contributed by atoms with Gasteiger partial charge in [0.25, 0.3) is 0 Å². The summed E-state index contributed by atoms with van der Waals surface area (Å²) in [4.78, 5) is 32.4. The van der Waals surface area contributed by atoms with Crippen LogP contribution in [0.25, 0.3) is 0 Å². The lowest BCUT2D eigenvalue weighted by Gasteiger charge is -2.45. The minimum atomic E-state index is -4.42. The lowest BCUT2D eigenvalue weighted by molar-refractivity contribution is -0.137. The predicted octanol–water partition coefficient (Wildman–Crippen LogP) is 4.35. The number of alkyl halides is 3. The highest BCUT2D eigenvalue weighted by atomic mass is 19.4. The summed E-state index contributed by atoms with van der Waals surface area (Å²) >= 11 is 0. The highest BCUT2D eigenvalue weighted by Crippen LogP contribution is 2.42. The standard InChI is InChI=1S/C29H37F3N6O3/c1-20(39)34(2)26-6-11-37(33-26)27(40)35-12-8-28(9-13-35)7-3-10-36(28)17-21-14-22(29(30,31)32)16-25(15-21)38-23-4-5-24(38)19-41-18-23/h6,11,14-16,23-24H,3-5,7-10,12-13,17-19H2,1-2H3. The number of carbonyl (C=O) groups excluding carboxylic acids is 2. The zero-order valence-electron chi connectivity index (χ0n) is 23.6. The molecule has 6 rings (SSSR count). The summed E-state index contributed by atoms with van der Waals surface area (Å²) in [6, 6.07) is 6.20. The Kier molecular flexibility index (Phi) is 7.25. The van der Waals surface area contributed by atoms with Gasteiger partial charge in [0.1, 0.15) is 0 Å². The van der Waals surface area contributed by atoms with Gasteiger partial charge in [-0.1, -0.05) is 0 Å². The maximum absolute atomic E-state index is 14.0. The summed E-state index contributed by atoms with van der Waals surface area (Å²) in [6.45, 7) is 4.90. The van der Waals surface area contributed by atoms with Crippen LogP contribution in [0.1, 0.15) is 56.6 Å². The van der Waals surface area contributed by atoms with E-state index in [1.54, 1.807) is 24.2 Å². The molecule has 1 aromatic heterocycles. The molecular formula is C29H37F3N6O3. The molecule has 2 bridgehead atoms. The maximum atomic E-state index is 14.0. The largest absolute Gasteiger partial charge is 0.416 e. The summed E-state index contributed by atoms with van der Waals surface area (Å²) in [5.74, 6) is 0.237. The van der Waals surface area contributed by atoms with Gasteiger partial charge in [0, 0.05) is 57.1 Å². The third kappa shape index (κ3) is 5.31. The fourth-order valence-electron chi connectivity index (χ4n) is 7.18. The number of likely N-dealkylation sites (tertiary alicyclic amines) is 2. The van der Waals surface area contributed by atoms with Crippen LogP contribution in [0, 0.1) is 0 Å². The topological polar surface area (TPSA) is 74.2 Å². The van der Waals surface area contributed by atoms with Crippen molar-refractivity contribution in [2.45, 2.75) is 75.8 Å². The van der Waals surface area contributed by atoms with Crippen molar-refractivity contribution in [3.63, 3.8) is 0 Å². The van der Waals surface area contributed by atoms with E-state index in [0.29, 0.717) is 49.9 Å². The molecule has 12 heteroatoms. The molecule has 2 aromatic rings. The van der Waals surface area contributed by atoms with Gasteiger partial charge in [-0.15, -0.1) is 5.10 Å². The number of benzene rings is 1. The fourth-order valence-corrected chi connectivity index (χ4v) is 7.18. The van der Waals surface area contributed by atoms with Gasteiger partial charge in [-0.25, -0.2) is 4.79 Å². The summed E-state index contributed by atoms with van der Waals surface area (Å²) in [5, 5.41) is 4.27. The molecule has 41 heavy (non-hydrogen) atoms. The van der Waals surface area contributed by atoms with E-state index in [1.807, 2.05) is 6.07 Å². The number of ether oxygens (including phenoxy) is 1. The third-order valence-electron chi connectivity index (χ3n) is 9.51. The first-order chi connectivity index (χ1) is 19.5. The Bertz CT molecular complexity index is 1290. The van der Waals surface area contributed by atoms with Crippen LogP contribution in [0.2, 0.25) is 0 Å². The quantitative estimate of drug-likeness (QED) is 0.541. The summed E-state index contributed by atoms with van der Waals surface area (Å²) in [6.07, 6.45) is 2.46. The van der Waals surface area contributed by atoms with E-state index in [4.69, 9.17) is 4.74 Å². The lowest BCUT2D eigenvalue weighted by atomic mass is 9.84. The lowest BCUT2D eigenvalue weighted by Crippen LogP contribution is -2.53. The summed E-state index contributed by atoms with van der Waals surface area (Å²) in [7, 11) is 1.61. The molecule has 9 nitrogen and oxygen atoms in total. The first-order valence-corrected chi connectivity index (χ1v) is 14.5. The second-order valence-electron chi connectivity index (χ2n) is 11.9. The highest BCUT2D eigenvalue weighted by Gasteiger charge is 2.45. The van der Waals surface area contributed by atoms with Gasteiger partial charge in [-0.05, 0) is 68.8 Å². The van der Waals surface area contributed by atoms with E-state index >= 15 is 0 Å². The molecule has 4 aliphatic heterocycles. The molecule has 0 N–H and O–H groups in total. The van der Waals surface area contributed by atoms with Crippen LogP contribution >= 0.6 is 0 Å². The summed E-state index contributed by atoms with van der Waals surface area (Å²) < 4.78 is 49.0. The number of carbonyl (C=O) groups is 2. The number of hydrogen-bond acceptors (Lipinski definition) is 6. The molecule has 2 atom stereocenters. The van der Waals surface area contributed by atoms with Crippen molar-refractivity contribution in [1.82, 2.24) is 19.6 Å². The molecule has 222 valence electrons.